The van der Waals surface area contributed by atoms with E-state index in [1.54, 1.807) is 0 Å². The Bertz CT molecular complexity index is 434. The average Bonchev–Trinajstić information content (AvgIpc) is 2.89. The molecule has 1 aliphatic heterocycles. The molecule has 0 aromatic carbocycles. The Morgan fingerprint density at radius 2 is 2.35 bits per heavy atom. The molecular formula is C14H21N3O2S. The Kier molecular flexibility index (Phi) is 6.01. The van der Waals surface area contributed by atoms with Crippen LogP contribution in [0.4, 0.5) is 0 Å². The lowest BCUT2D eigenvalue weighted by Crippen LogP contribution is -2.34. The molecule has 5 nitrogen and oxygen atoms in total. The van der Waals surface area contributed by atoms with E-state index in [0.29, 0.717) is 13.0 Å². The fourth-order valence-electron chi connectivity index (χ4n) is 2.24. The summed E-state index contributed by atoms with van der Waals surface area (Å²) in [4.78, 5) is 23.8. The monoisotopic (exact) mass is 295 g/mol. The Balaban J connectivity index is 1.57. The predicted octanol–water partition coefficient (Wildman–Crippen LogP) is 1.13. The summed E-state index contributed by atoms with van der Waals surface area (Å²) >= 11 is 1.45. The lowest BCUT2D eigenvalue weighted by molar-refractivity contribution is -0.121. The van der Waals surface area contributed by atoms with Gasteiger partial charge in [-0.3, -0.25) is 9.59 Å². The van der Waals surface area contributed by atoms with Gasteiger partial charge in [0.2, 0.25) is 5.91 Å². The van der Waals surface area contributed by atoms with Gasteiger partial charge in [-0.15, -0.1) is 11.3 Å². The molecule has 6 heteroatoms. The van der Waals surface area contributed by atoms with Crippen LogP contribution in [0.15, 0.2) is 17.5 Å². The third kappa shape index (κ3) is 4.94. The molecule has 1 atom stereocenters. The van der Waals surface area contributed by atoms with Gasteiger partial charge in [0.25, 0.3) is 5.91 Å². The topological polar surface area (TPSA) is 70.2 Å². The van der Waals surface area contributed by atoms with Crippen molar-refractivity contribution >= 4 is 23.2 Å². The molecule has 0 saturated carbocycles. The number of hydrogen-bond donors (Lipinski definition) is 3. The van der Waals surface area contributed by atoms with Crippen molar-refractivity contribution in [2.75, 3.05) is 19.6 Å². The van der Waals surface area contributed by atoms with Gasteiger partial charge in [0.15, 0.2) is 0 Å². The van der Waals surface area contributed by atoms with Crippen molar-refractivity contribution in [2.45, 2.75) is 31.7 Å². The Morgan fingerprint density at radius 3 is 3.15 bits per heavy atom. The molecular weight excluding hydrogens is 274 g/mol. The number of amides is 2. The van der Waals surface area contributed by atoms with E-state index in [9.17, 15) is 9.59 Å². The summed E-state index contributed by atoms with van der Waals surface area (Å²) in [5.41, 5.74) is 0. The van der Waals surface area contributed by atoms with Crippen LogP contribution in [0.2, 0.25) is 0 Å². The highest BCUT2D eigenvalue weighted by atomic mass is 32.1. The maximum Gasteiger partial charge on any atom is 0.261 e. The second kappa shape index (κ2) is 8.01. The van der Waals surface area contributed by atoms with E-state index in [0.717, 1.165) is 37.2 Å². The smallest absolute Gasteiger partial charge is 0.261 e. The molecule has 0 radical (unpaired) electrons. The number of nitrogens with one attached hydrogen (secondary N) is 3. The van der Waals surface area contributed by atoms with Gasteiger partial charge < -0.3 is 16.0 Å². The Labute approximate surface area is 123 Å². The zero-order chi connectivity index (χ0) is 14.2. The zero-order valence-electron chi connectivity index (χ0n) is 11.5. The molecule has 0 spiro atoms. The first-order valence-corrected chi connectivity index (χ1v) is 7.95. The minimum Gasteiger partial charge on any atom is -0.356 e. The van der Waals surface area contributed by atoms with Crippen molar-refractivity contribution in [3.05, 3.63) is 22.4 Å². The van der Waals surface area contributed by atoms with Gasteiger partial charge in [0, 0.05) is 25.6 Å². The highest BCUT2D eigenvalue weighted by molar-refractivity contribution is 7.12. The van der Waals surface area contributed by atoms with Crippen LogP contribution >= 0.6 is 11.3 Å². The fraction of sp³-hybridized carbons (Fsp3) is 0.571. The molecule has 1 unspecified atom stereocenters. The van der Waals surface area contributed by atoms with Crippen molar-refractivity contribution in [1.82, 2.24) is 16.0 Å². The third-order valence-electron chi connectivity index (χ3n) is 3.30. The molecule has 1 fully saturated rings. The lowest BCUT2D eigenvalue weighted by Gasteiger charge is -2.14. The molecule has 110 valence electrons. The number of carbonyl (C=O) groups excluding carboxylic acids is 2. The molecule has 1 aromatic heterocycles. The summed E-state index contributed by atoms with van der Waals surface area (Å²) in [5.74, 6) is 0.125. The fourth-order valence-corrected chi connectivity index (χ4v) is 2.88. The van der Waals surface area contributed by atoms with E-state index in [1.807, 2.05) is 17.5 Å². The van der Waals surface area contributed by atoms with Gasteiger partial charge in [-0.05, 0) is 37.3 Å². The largest absolute Gasteiger partial charge is 0.356 e. The van der Waals surface area contributed by atoms with Crippen LogP contribution in [-0.4, -0.2) is 37.5 Å². The number of hydrogen-bond acceptors (Lipinski definition) is 4. The molecule has 0 bridgehead atoms. The summed E-state index contributed by atoms with van der Waals surface area (Å²) in [6.45, 7) is 2.26. The molecule has 1 aromatic rings. The quantitative estimate of drug-likeness (QED) is 0.689. The van der Waals surface area contributed by atoms with Gasteiger partial charge >= 0.3 is 0 Å². The first-order chi connectivity index (χ1) is 9.75. The van der Waals surface area contributed by atoms with Crippen molar-refractivity contribution in [3.8, 4) is 0 Å². The summed E-state index contributed by atoms with van der Waals surface area (Å²) in [7, 11) is 0. The van der Waals surface area contributed by atoms with Crippen LogP contribution in [0.3, 0.4) is 0 Å². The molecule has 0 aliphatic carbocycles. The summed E-state index contributed by atoms with van der Waals surface area (Å²) in [6.07, 6.45) is 3.48. The van der Waals surface area contributed by atoms with Gasteiger partial charge in [0.1, 0.15) is 0 Å². The van der Waals surface area contributed by atoms with Crippen LogP contribution in [0.1, 0.15) is 35.4 Å². The van der Waals surface area contributed by atoms with E-state index in [1.165, 1.54) is 11.3 Å². The van der Waals surface area contributed by atoms with Crippen LogP contribution < -0.4 is 16.0 Å². The number of carbonyl (C=O) groups is 2. The molecule has 2 rings (SSSR count). The standard InChI is InChI=1S/C14H21N3O2S/c18-13-10-11(4-1-6-16-13)15-7-3-8-17-14(19)12-5-2-9-20-12/h2,5,9,11,15H,1,3-4,6-8,10H2,(H,16,18)(H,17,19). The first-order valence-electron chi connectivity index (χ1n) is 7.07. The first kappa shape index (κ1) is 15.0. The van der Waals surface area contributed by atoms with Crippen LogP contribution in [-0.2, 0) is 4.79 Å². The zero-order valence-corrected chi connectivity index (χ0v) is 12.3. The highest BCUT2D eigenvalue weighted by Crippen LogP contribution is 2.08. The molecule has 1 aliphatic rings. The van der Waals surface area contributed by atoms with Crippen molar-refractivity contribution in [1.29, 1.82) is 0 Å². The Hall–Kier alpha value is -1.40. The number of rotatable bonds is 6. The average molecular weight is 295 g/mol. The Morgan fingerprint density at radius 1 is 1.45 bits per heavy atom. The van der Waals surface area contributed by atoms with Gasteiger partial charge in [-0.25, -0.2) is 0 Å². The summed E-state index contributed by atoms with van der Waals surface area (Å²) in [6, 6.07) is 3.96. The molecule has 3 N–H and O–H groups in total. The van der Waals surface area contributed by atoms with E-state index < -0.39 is 0 Å². The normalized spacial score (nSPS) is 19.2. The van der Waals surface area contributed by atoms with Gasteiger partial charge in [0.05, 0.1) is 4.88 Å². The van der Waals surface area contributed by atoms with Crippen LogP contribution in [0, 0.1) is 0 Å². The molecule has 1 saturated heterocycles. The molecule has 2 amide bonds. The maximum absolute atomic E-state index is 11.7. The minimum absolute atomic E-state index is 0.00570. The molecule has 2 heterocycles. The van der Waals surface area contributed by atoms with Crippen LogP contribution in [0.25, 0.3) is 0 Å². The molecule has 20 heavy (non-hydrogen) atoms. The predicted molar refractivity (Wildman–Crippen MR) is 79.9 cm³/mol. The SMILES string of the molecule is O=C1CC(NCCCNC(=O)c2cccs2)CCCN1. The minimum atomic E-state index is -0.00570. The summed E-state index contributed by atoms with van der Waals surface area (Å²) in [5, 5.41) is 11.1. The van der Waals surface area contributed by atoms with E-state index in [4.69, 9.17) is 0 Å². The van der Waals surface area contributed by atoms with E-state index >= 15 is 0 Å². The van der Waals surface area contributed by atoms with Gasteiger partial charge in [-0.2, -0.15) is 0 Å². The van der Waals surface area contributed by atoms with Crippen LogP contribution in [0.5, 0.6) is 0 Å². The second-order valence-electron chi connectivity index (χ2n) is 4.93. The lowest BCUT2D eigenvalue weighted by atomic mass is 10.1. The highest BCUT2D eigenvalue weighted by Gasteiger charge is 2.16. The van der Waals surface area contributed by atoms with E-state index in [-0.39, 0.29) is 17.9 Å². The third-order valence-corrected chi connectivity index (χ3v) is 4.17. The van der Waals surface area contributed by atoms with E-state index in [2.05, 4.69) is 16.0 Å². The number of thiophene rings is 1. The van der Waals surface area contributed by atoms with Crippen molar-refractivity contribution in [3.63, 3.8) is 0 Å². The van der Waals surface area contributed by atoms with Gasteiger partial charge in [-0.1, -0.05) is 6.07 Å². The van der Waals surface area contributed by atoms with Crippen molar-refractivity contribution < 1.29 is 9.59 Å². The second-order valence-corrected chi connectivity index (χ2v) is 5.88. The maximum atomic E-state index is 11.7. The summed E-state index contributed by atoms with van der Waals surface area (Å²) < 4.78 is 0. The van der Waals surface area contributed by atoms with Crippen molar-refractivity contribution in [2.24, 2.45) is 0 Å².